The predicted octanol–water partition coefficient (Wildman–Crippen LogP) is 3.16. The Morgan fingerprint density at radius 3 is 2.36 bits per heavy atom. The Morgan fingerprint density at radius 1 is 1.21 bits per heavy atom. The lowest BCUT2D eigenvalue weighted by Gasteiger charge is -1.99. The number of halogens is 1. The zero-order chi connectivity index (χ0) is 10.1. The Morgan fingerprint density at radius 2 is 1.86 bits per heavy atom. The number of rotatable bonds is 1. The first kappa shape index (κ1) is 9.46. The highest BCUT2D eigenvalue weighted by molar-refractivity contribution is 9.10. The summed E-state index contributed by atoms with van der Waals surface area (Å²) in [6.07, 6.45) is 1.87. The number of aryl methyl sites for hydroxylation is 2. The fourth-order valence-electron chi connectivity index (χ4n) is 1.35. The van der Waals surface area contributed by atoms with Crippen LogP contribution in [0, 0.1) is 6.92 Å². The summed E-state index contributed by atoms with van der Waals surface area (Å²) in [6, 6.07) is 8.43. The van der Waals surface area contributed by atoms with Gasteiger partial charge in [-0.05, 0) is 28.4 Å². The van der Waals surface area contributed by atoms with Crippen molar-refractivity contribution < 1.29 is 0 Å². The van der Waals surface area contributed by atoms with E-state index in [0.29, 0.717) is 0 Å². The Hall–Kier alpha value is -1.09. The quantitative estimate of drug-likeness (QED) is 0.761. The summed E-state index contributed by atoms with van der Waals surface area (Å²) in [5.74, 6) is 0. The second kappa shape index (κ2) is 3.58. The van der Waals surface area contributed by atoms with E-state index in [1.54, 1.807) is 0 Å². The van der Waals surface area contributed by atoms with Gasteiger partial charge in [-0.3, -0.25) is 4.68 Å². The van der Waals surface area contributed by atoms with Gasteiger partial charge in [0.1, 0.15) is 4.60 Å². The zero-order valence-corrected chi connectivity index (χ0v) is 9.75. The molecular formula is C11H11BrN2. The molecule has 0 radical (unpaired) electrons. The highest BCUT2D eigenvalue weighted by Crippen LogP contribution is 2.27. The average molecular weight is 251 g/mol. The molecule has 14 heavy (non-hydrogen) atoms. The van der Waals surface area contributed by atoms with Gasteiger partial charge in [0.15, 0.2) is 0 Å². The van der Waals surface area contributed by atoms with Crippen molar-refractivity contribution in [3.8, 4) is 11.1 Å². The van der Waals surface area contributed by atoms with Gasteiger partial charge in [-0.15, -0.1) is 0 Å². The van der Waals surface area contributed by atoms with Crippen LogP contribution >= 0.6 is 15.9 Å². The van der Waals surface area contributed by atoms with E-state index in [4.69, 9.17) is 0 Å². The first-order chi connectivity index (χ1) is 6.68. The van der Waals surface area contributed by atoms with Crippen molar-refractivity contribution in [1.82, 2.24) is 9.78 Å². The maximum atomic E-state index is 4.18. The van der Waals surface area contributed by atoms with Gasteiger partial charge >= 0.3 is 0 Å². The van der Waals surface area contributed by atoms with Crippen LogP contribution in [0.15, 0.2) is 35.1 Å². The van der Waals surface area contributed by atoms with Gasteiger partial charge < -0.3 is 0 Å². The molecule has 0 N–H and O–H groups in total. The van der Waals surface area contributed by atoms with Crippen molar-refractivity contribution in [3.63, 3.8) is 0 Å². The number of hydrogen-bond acceptors (Lipinski definition) is 1. The third kappa shape index (κ3) is 1.60. The molecule has 0 amide bonds. The summed E-state index contributed by atoms with van der Waals surface area (Å²) in [7, 11) is 1.92. The molecule has 3 heteroatoms. The third-order valence-corrected chi connectivity index (χ3v) is 3.17. The molecule has 0 saturated heterocycles. The SMILES string of the molecule is Cc1ccc(-c2cnn(C)c2Br)cc1. The molecule has 2 nitrogen and oxygen atoms in total. The van der Waals surface area contributed by atoms with Crippen LogP contribution in [-0.2, 0) is 7.05 Å². The number of hydrogen-bond donors (Lipinski definition) is 0. The fraction of sp³-hybridized carbons (Fsp3) is 0.182. The molecule has 0 fully saturated rings. The van der Waals surface area contributed by atoms with E-state index >= 15 is 0 Å². The van der Waals surface area contributed by atoms with Crippen LogP contribution in [0.3, 0.4) is 0 Å². The van der Waals surface area contributed by atoms with Gasteiger partial charge in [-0.2, -0.15) is 5.10 Å². The second-order valence-corrected chi connectivity index (χ2v) is 4.09. The molecule has 0 spiro atoms. The van der Waals surface area contributed by atoms with E-state index in [1.807, 2.05) is 17.9 Å². The van der Waals surface area contributed by atoms with Crippen molar-refractivity contribution in [2.75, 3.05) is 0 Å². The van der Waals surface area contributed by atoms with Crippen LogP contribution in [0.4, 0.5) is 0 Å². The maximum Gasteiger partial charge on any atom is 0.111 e. The van der Waals surface area contributed by atoms with Crippen LogP contribution in [0.5, 0.6) is 0 Å². The van der Waals surface area contributed by atoms with Crippen molar-refractivity contribution in [2.45, 2.75) is 6.92 Å². The predicted molar refractivity (Wildman–Crippen MR) is 61.1 cm³/mol. The number of aromatic nitrogens is 2. The molecule has 72 valence electrons. The molecule has 2 aromatic rings. The summed E-state index contributed by atoms with van der Waals surface area (Å²) >= 11 is 3.51. The molecule has 2 rings (SSSR count). The number of benzene rings is 1. The zero-order valence-electron chi connectivity index (χ0n) is 8.16. The summed E-state index contributed by atoms with van der Waals surface area (Å²) in [5, 5.41) is 4.18. The lowest BCUT2D eigenvalue weighted by atomic mass is 10.1. The van der Waals surface area contributed by atoms with Crippen molar-refractivity contribution in [3.05, 3.63) is 40.6 Å². The first-order valence-corrected chi connectivity index (χ1v) is 5.22. The smallest absolute Gasteiger partial charge is 0.111 e. The van der Waals surface area contributed by atoms with Gasteiger partial charge in [0.05, 0.1) is 6.20 Å². The summed E-state index contributed by atoms with van der Waals surface area (Å²) in [5.41, 5.74) is 3.59. The van der Waals surface area contributed by atoms with E-state index in [0.717, 1.165) is 10.2 Å². The Bertz CT molecular complexity index is 443. The largest absolute Gasteiger partial charge is 0.261 e. The average Bonchev–Trinajstić information content (AvgIpc) is 2.50. The standard InChI is InChI=1S/C11H11BrN2/c1-8-3-5-9(6-4-8)10-7-13-14(2)11(10)12/h3-7H,1-2H3. The molecule has 0 aliphatic rings. The van der Waals surface area contributed by atoms with E-state index in [9.17, 15) is 0 Å². The van der Waals surface area contributed by atoms with E-state index in [-0.39, 0.29) is 0 Å². The lowest BCUT2D eigenvalue weighted by Crippen LogP contribution is -1.88. The highest BCUT2D eigenvalue weighted by atomic mass is 79.9. The maximum absolute atomic E-state index is 4.18. The minimum atomic E-state index is 1.02. The van der Waals surface area contributed by atoms with Gasteiger partial charge in [-0.1, -0.05) is 29.8 Å². The Balaban J connectivity index is 2.49. The summed E-state index contributed by atoms with van der Waals surface area (Å²) in [6.45, 7) is 2.09. The Labute approximate surface area is 91.7 Å². The van der Waals surface area contributed by atoms with Crippen molar-refractivity contribution in [2.24, 2.45) is 7.05 Å². The molecule has 0 unspecified atom stereocenters. The summed E-state index contributed by atoms with van der Waals surface area (Å²) in [4.78, 5) is 0. The summed E-state index contributed by atoms with van der Waals surface area (Å²) < 4.78 is 2.83. The van der Waals surface area contributed by atoms with Crippen LogP contribution in [-0.4, -0.2) is 9.78 Å². The van der Waals surface area contributed by atoms with Crippen molar-refractivity contribution in [1.29, 1.82) is 0 Å². The number of nitrogens with zero attached hydrogens (tertiary/aromatic N) is 2. The molecule has 0 saturated carbocycles. The van der Waals surface area contributed by atoms with Crippen LogP contribution in [0.2, 0.25) is 0 Å². The molecule has 0 aliphatic heterocycles. The van der Waals surface area contributed by atoms with E-state index in [2.05, 4.69) is 52.2 Å². The third-order valence-electron chi connectivity index (χ3n) is 2.23. The van der Waals surface area contributed by atoms with Crippen LogP contribution in [0.1, 0.15) is 5.56 Å². The van der Waals surface area contributed by atoms with Crippen LogP contribution < -0.4 is 0 Å². The first-order valence-electron chi connectivity index (χ1n) is 4.43. The molecule has 0 atom stereocenters. The van der Waals surface area contributed by atoms with Gasteiger partial charge in [0.2, 0.25) is 0 Å². The van der Waals surface area contributed by atoms with E-state index in [1.165, 1.54) is 11.1 Å². The monoisotopic (exact) mass is 250 g/mol. The molecule has 0 aliphatic carbocycles. The van der Waals surface area contributed by atoms with E-state index < -0.39 is 0 Å². The minimum absolute atomic E-state index is 1.02. The molecule has 1 aromatic heterocycles. The lowest BCUT2D eigenvalue weighted by molar-refractivity contribution is 0.750. The van der Waals surface area contributed by atoms with Gasteiger partial charge in [-0.25, -0.2) is 0 Å². The molecule has 1 aromatic carbocycles. The Kier molecular flexibility index (Phi) is 2.42. The fourth-order valence-corrected chi connectivity index (χ4v) is 1.77. The topological polar surface area (TPSA) is 17.8 Å². The van der Waals surface area contributed by atoms with Gasteiger partial charge in [0, 0.05) is 12.6 Å². The van der Waals surface area contributed by atoms with Crippen LogP contribution in [0.25, 0.3) is 11.1 Å². The second-order valence-electron chi connectivity index (χ2n) is 3.34. The minimum Gasteiger partial charge on any atom is -0.261 e. The van der Waals surface area contributed by atoms with Gasteiger partial charge in [0.25, 0.3) is 0 Å². The molecular weight excluding hydrogens is 240 g/mol. The molecule has 1 heterocycles. The normalized spacial score (nSPS) is 10.5. The highest BCUT2D eigenvalue weighted by Gasteiger charge is 2.06. The molecule has 0 bridgehead atoms. The van der Waals surface area contributed by atoms with Crippen molar-refractivity contribution >= 4 is 15.9 Å².